The van der Waals surface area contributed by atoms with Gasteiger partial charge < -0.3 is 35.0 Å². The zero-order chi connectivity index (χ0) is 24.1. The Morgan fingerprint density at radius 1 is 1.00 bits per heavy atom. The lowest BCUT2D eigenvalue weighted by molar-refractivity contribution is -0.165. The van der Waals surface area contributed by atoms with Crippen molar-refractivity contribution in [1.82, 2.24) is 9.88 Å². The summed E-state index contributed by atoms with van der Waals surface area (Å²) in [6.45, 7) is 4.79. The minimum Gasteiger partial charge on any atom is -0.497 e. The molecule has 4 rings (SSSR count). The number of fused-ring (bicyclic) bond motifs is 1. The van der Waals surface area contributed by atoms with Crippen molar-refractivity contribution in [3.8, 4) is 17.0 Å². The van der Waals surface area contributed by atoms with Gasteiger partial charge in [0.05, 0.1) is 24.7 Å². The number of aliphatic carboxylic acids is 2. The van der Waals surface area contributed by atoms with Gasteiger partial charge in [-0.3, -0.25) is 4.98 Å². The van der Waals surface area contributed by atoms with Gasteiger partial charge in [0.25, 0.3) is 0 Å². The van der Waals surface area contributed by atoms with Crippen molar-refractivity contribution in [3.05, 3.63) is 42.6 Å². The molecule has 3 heterocycles. The van der Waals surface area contributed by atoms with Gasteiger partial charge in [0, 0.05) is 31.7 Å². The monoisotopic (exact) mass is 459 g/mol. The lowest BCUT2D eigenvalue weighted by atomic mass is 10.0. The van der Waals surface area contributed by atoms with Crippen molar-refractivity contribution in [3.63, 3.8) is 0 Å². The number of aromatic nitrogens is 1. The Labute approximate surface area is 191 Å². The number of hydrogen-bond acceptors (Lipinski definition) is 8. The maximum absolute atomic E-state index is 9.77. The first kappa shape index (κ1) is 24.4. The Bertz CT molecular complexity index is 937. The number of anilines is 1. The maximum Gasteiger partial charge on any atom is 0.335 e. The Kier molecular flexibility index (Phi) is 7.85. The number of pyridine rings is 1. The van der Waals surface area contributed by atoms with Crippen molar-refractivity contribution in [2.75, 3.05) is 45.2 Å². The lowest BCUT2D eigenvalue weighted by Crippen LogP contribution is -2.39. The molecule has 1 aromatic carbocycles. The fraction of sp³-hybridized carbons (Fsp3) is 0.435. The third kappa shape index (κ3) is 5.98. The van der Waals surface area contributed by atoms with E-state index in [1.807, 2.05) is 24.4 Å². The fourth-order valence-corrected chi connectivity index (χ4v) is 4.23. The highest BCUT2D eigenvalue weighted by molar-refractivity contribution is 5.83. The van der Waals surface area contributed by atoms with Crippen LogP contribution in [0.2, 0.25) is 0 Å². The number of carboxylic acids is 2. The normalized spacial score (nSPS) is 21.5. The lowest BCUT2D eigenvalue weighted by Gasteiger charge is -2.21. The minimum absolute atomic E-state index is 0.818. The highest BCUT2D eigenvalue weighted by atomic mass is 16.5. The number of methoxy groups -OCH3 is 1. The van der Waals surface area contributed by atoms with Crippen molar-refractivity contribution < 1.29 is 34.8 Å². The van der Waals surface area contributed by atoms with E-state index in [1.54, 1.807) is 7.11 Å². The van der Waals surface area contributed by atoms with Crippen LogP contribution in [-0.4, -0.2) is 94.8 Å². The first-order valence-corrected chi connectivity index (χ1v) is 10.5. The van der Waals surface area contributed by atoms with E-state index < -0.39 is 24.1 Å². The second-order valence-corrected chi connectivity index (χ2v) is 8.35. The van der Waals surface area contributed by atoms with E-state index in [2.05, 4.69) is 40.0 Å². The molecule has 0 radical (unpaired) electrons. The van der Waals surface area contributed by atoms with Gasteiger partial charge in [0.2, 0.25) is 0 Å². The molecule has 4 atom stereocenters. The zero-order valence-electron chi connectivity index (χ0n) is 18.5. The zero-order valence-corrected chi connectivity index (χ0v) is 18.5. The second kappa shape index (κ2) is 10.6. The number of ether oxygens (including phenoxy) is 1. The Morgan fingerprint density at radius 2 is 1.61 bits per heavy atom. The van der Waals surface area contributed by atoms with Crippen LogP contribution in [0.1, 0.15) is 0 Å². The van der Waals surface area contributed by atoms with Crippen LogP contribution in [0.3, 0.4) is 0 Å². The molecule has 0 bridgehead atoms. The van der Waals surface area contributed by atoms with Crippen LogP contribution in [-0.2, 0) is 9.59 Å². The molecular weight excluding hydrogens is 430 g/mol. The first-order valence-electron chi connectivity index (χ1n) is 10.5. The summed E-state index contributed by atoms with van der Waals surface area (Å²) in [6, 6.07) is 12.4. The summed E-state index contributed by atoms with van der Waals surface area (Å²) in [4.78, 5) is 29.2. The summed E-state index contributed by atoms with van der Waals surface area (Å²) >= 11 is 0. The van der Waals surface area contributed by atoms with Crippen LogP contribution in [0.5, 0.6) is 5.75 Å². The highest BCUT2D eigenvalue weighted by Gasteiger charge is 2.38. The van der Waals surface area contributed by atoms with Crippen molar-refractivity contribution >= 4 is 17.6 Å². The number of likely N-dealkylation sites (tertiary alicyclic amines) is 1. The molecule has 2 fully saturated rings. The molecule has 0 aliphatic carbocycles. The molecule has 4 unspecified atom stereocenters. The number of benzene rings is 1. The summed E-state index contributed by atoms with van der Waals surface area (Å²) in [5.74, 6) is -1.04. The van der Waals surface area contributed by atoms with E-state index in [0.29, 0.717) is 0 Å². The molecular formula is C23H29N3O7. The van der Waals surface area contributed by atoms with Gasteiger partial charge in [-0.25, -0.2) is 9.59 Å². The van der Waals surface area contributed by atoms with Gasteiger partial charge in [0.1, 0.15) is 5.75 Å². The molecule has 33 heavy (non-hydrogen) atoms. The topological polar surface area (TPSA) is 144 Å². The van der Waals surface area contributed by atoms with Crippen LogP contribution in [0.15, 0.2) is 42.6 Å². The van der Waals surface area contributed by atoms with Gasteiger partial charge in [-0.15, -0.1) is 0 Å². The van der Waals surface area contributed by atoms with Crippen molar-refractivity contribution in [2.24, 2.45) is 11.8 Å². The number of hydrogen-bond donors (Lipinski definition) is 4. The van der Waals surface area contributed by atoms with Crippen molar-refractivity contribution in [2.45, 2.75) is 12.2 Å². The summed E-state index contributed by atoms with van der Waals surface area (Å²) in [6.07, 6.45) is -2.52. The molecule has 2 aliphatic heterocycles. The van der Waals surface area contributed by atoms with Gasteiger partial charge in [-0.1, -0.05) is 12.1 Å². The summed E-state index contributed by atoms with van der Waals surface area (Å²) in [7, 11) is 3.92. The number of rotatable bonds is 6. The van der Waals surface area contributed by atoms with Crippen LogP contribution >= 0.6 is 0 Å². The fourth-order valence-electron chi connectivity index (χ4n) is 4.23. The van der Waals surface area contributed by atoms with E-state index in [4.69, 9.17) is 25.2 Å². The highest BCUT2D eigenvalue weighted by Crippen LogP contribution is 2.33. The third-order valence-electron chi connectivity index (χ3n) is 5.95. The summed E-state index contributed by atoms with van der Waals surface area (Å²) < 4.78 is 5.29. The molecule has 178 valence electrons. The predicted molar refractivity (Wildman–Crippen MR) is 120 cm³/mol. The van der Waals surface area contributed by atoms with E-state index in [-0.39, 0.29) is 0 Å². The summed E-state index contributed by atoms with van der Waals surface area (Å²) in [5.41, 5.74) is 3.33. The van der Waals surface area contributed by atoms with E-state index in [9.17, 15) is 9.59 Å². The third-order valence-corrected chi connectivity index (χ3v) is 5.95. The largest absolute Gasteiger partial charge is 0.497 e. The maximum atomic E-state index is 9.77. The van der Waals surface area contributed by atoms with Gasteiger partial charge in [0.15, 0.2) is 12.2 Å². The number of nitrogens with zero attached hydrogens (tertiary/aromatic N) is 3. The Balaban J connectivity index is 0.000000262. The SMILES string of the molecule is COc1cccc(-c2ccc(N3CC4CN(C)CC4C3)cn2)c1.O=C(O)C(O)C(O)C(=O)O. The Hall–Kier alpha value is -3.21. The number of aliphatic hydroxyl groups is 2. The molecule has 10 heteroatoms. The van der Waals surface area contributed by atoms with Crippen LogP contribution in [0.4, 0.5) is 5.69 Å². The molecule has 0 saturated carbocycles. The predicted octanol–water partition coefficient (Wildman–Crippen LogP) is 0.632. The molecule has 0 amide bonds. The molecule has 0 spiro atoms. The summed E-state index contributed by atoms with van der Waals surface area (Å²) in [5, 5.41) is 32.5. The average molecular weight is 459 g/mol. The standard InChI is InChI=1S/C19H23N3O.C4H6O6/c1-21-10-15-12-22(13-16(15)11-21)17-6-7-19(20-9-17)14-4-3-5-18(8-14)23-2;5-1(3(7)8)2(6)4(9)10/h3-9,15-16H,10-13H2,1-2H3;1-2,5-6H,(H,7,8)(H,9,10). The van der Waals surface area contributed by atoms with Gasteiger partial charge in [-0.05, 0) is 43.1 Å². The second-order valence-electron chi connectivity index (χ2n) is 8.35. The number of carboxylic acid groups (broad SMARTS) is 2. The first-order chi connectivity index (χ1) is 15.7. The van der Waals surface area contributed by atoms with Crippen LogP contribution in [0, 0.1) is 11.8 Å². The molecule has 2 aromatic rings. The number of aliphatic hydroxyl groups excluding tert-OH is 2. The molecule has 2 saturated heterocycles. The van der Waals surface area contributed by atoms with E-state index in [0.717, 1.165) is 41.9 Å². The molecule has 4 N–H and O–H groups in total. The number of carbonyl (C=O) groups is 2. The van der Waals surface area contributed by atoms with E-state index in [1.165, 1.54) is 18.8 Å². The molecule has 10 nitrogen and oxygen atoms in total. The minimum atomic E-state index is -2.27. The van der Waals surface area contributed by atoms with Crippen LogP contribution in [0.25, 0.3) is 11.3 Å². The van der Waals surface area contributed by atoms with Gasteiger partial charge >= 0.3 is 11.9 Å². The quantitative estimate of drug-likeness (QED) is 0.486. The van der Waals surface area contributed by atoms with E-state index >= 15 is 0 Å². The van der Waals surface area contributed by atoms with Crippen LogP contribution < -0.4 is 9.64 Å². The molecule has 1 aromatic heterocycles. The Morgan fingerprint density at radius 3 is 2.09 bits per heavy atom. The smallest absolute Gasteiger partial charge is 0.335 e. The van der Waals surface area contributed by atoms with Crippen molar-refractivity contribution in [1.29, 1.82) is 0 Å². The average Bonchev–Trinajstić information content (AvgIpc) is 3.36. The van der Waals surface area contributed by atoms with Gasteiger partial charge in [-0.2, -0.15) is 0 Å². The molecule has 2 aliphatic rings.